The minimum atomic E-state index is -0.0527. The Labute approximate surface area is 96.0 Å². The Morgan fingerprint density at radius 2 is 2.06 bits per heavy atom. The Hall–Kier alpha value is -1.95. The third-order valence-electron chi connectivity index (χ3n) is 2.29. The zero-order valence-corrected chi connectivity index (χ0v) is 9.56. The summed E-state index contributed by atoms with van der Waals surface area (Å²) in [6, 6.07) is 6.99. The molecule has 0 fully saturated rings. The van der Waals surface area contributed by atoms with Crippen LogP contribution in [0, 0.1) is 12.3 Å². The van der Waals surface area contributed by atoms with Crippen LogP contribution in [0.25, 0.3) is 0 Å². The fourth-order valence-corrected chi connectivity index (χ4v) is 1.35. The van der Waals surface area contributed by atoms with E-state index in [0.29, 0.717) is 18.7 Å². The monoisotopic (exact) mass is 217 g/mol. The number of amides is 1. The molecule has 0 spiro atoms. The lowest BCUT2D eigenvalue weighted by Gasteiger charge is -2.17. The van der Waals surface area contributed by atoms with E-state index < -0.39 is 0 Å². The van der Waals surface area contributed by atoms with Gasteiger partial charge in [0.25, 0.3) is 5.91 Å². The standard InChI is InChI=1S/C13H15NO2/c1-4-10-14(5-2)13(15)11-6-8-12(16-3)9-7-11/h1,6-9H,5,10H2,2-3H3. The summed E-state index contributed by atoms with van der Waals surface area (Å²) in [5.74, 6) is 3.15. The predicted octanol–water partition coefficient (Wildman–Crippen LogP) is 1.79. The molecule has 0 atom stereocenters. The first-order valence-corrected chi connectivity index (χ1v) is 5.09. The van der Waals surface area contributed by atoms with Crippen LogP contribution in [-0.2, 0) is 0 Å². The summed E-state index contributed by atoms with van der Waals surface area (Å²) in [7, 11) is 1.59. The minimum Gasteiger partial charge on any atom is -0.497 e. The smallest absolute Gasteiger partial charge is 0.254 e. The fourth-order valence-electron chi connectivity index (χ4n) is 1.35. The van der Waals surface area contributed by atoms with Crippen LogP contribution < -0.4 is 4.74 Å². The highest BCUT2D eigenvalue weighted by atomic mass is 16.5. The summed E-state index contributed by atoms with van der Waals surface area (Å²) < 4.78 is 5.03. The van der Waals surface area contributed by atoms with E-state index >= 15 is 0 Å². The molecule has 16 heavy (non-hydrogen) atoms. The van der Waals surface area contributed by atoms with Gasteiger partial charge in [-0.05, 0) is 31.2 Å². The lowest BCUT2D eigenvalue weighted by molar-refractivity contribution is 0.0785. The average Bonchev–Trinajstić information content (AvgIpc) is 2.35. The molecular weight excluding hydrogens is 202 g/mol. The summed E-state index contributed by atoms with van der Waals surface area (Å²) in [5.41, 5.74) is 0.623. The molecule has 1 aromatic carbocycles. The molecule has 0 radical (unpaired) electrons. The van der Waals surface area contributed by atoms with Gasteiger partial charge in [-0.15, -0.1) is 6.42 Å². The first kappa shape index (κ1) is 12.1. The molecule has 1 rings (SSSR count). The van der Waals surface area contributed by atoms with Crippen molar-refractivity contribution in [3.8, 4) is 18.1 Å². The number of carbonyl (C=O) groups is 1. The summed E-state index contributed by atoms with van der Waals surface area (Å²) in [4.78, 5) is 13.6. The molecule has 0 heterocycles. The average molecular weight is 217 g/mol. The van der Waals surface area contributed by atoms with E-state index in [2.05, 4.69) is 5.92 Å². The lowest BCUT2D eigenvalue weighted by Crippen LogP contribution is -2.31. The van der Waals surface area contributed by atoms with Gasteiger partial charge in [0, 0.05) is 12.1 Å². The fraction of sp³-hybridized carbons (Fsp3) is 0.308. The second kappa shape index (κ2) is 5.82. The Balaban J connectivity index is 2.83. The van der Waals surface area contributed by atoms with Crippen LogP contribution in [0.4, 0.5) is 0 Å². The number of hydrogen-bond acceptors (Lipinski definition) is 2. The van der Waals surface area contributed by atoms with Crippen molar-refractivity contribution in [3.63, 3.8) is 0 Å². The van der Waals surface area contributed by atoms with Crippen molar-refractivity contribution in [1.82, 2.24) is 4.90 Å². The number of hydrogen-bond donors (Lipinski definition) is 0. The number of rotatable bonds is 4. The van der Waals surface area contributed by atoms with Gasteiger partial charge in [-0.1, -0.05) is 5.92 Å². The quantitative estimate of drug-likeness (QED) is 0.720. The molecule has 1 amide bonds. The zero-order valence-electron chi connectivity index (χ0n) is 9.56. The van der Waals surface area contributed by atoms with Crippen molar-refractivity contribution in [1.29, 1.82) is 0 Å². The molecule has 3 nitrogen and oxygen atoms in total. The third kappa shape index (κ3) is 2.77. The zero-order chi connectivity index (χ0) is 12.0. The van der Waals surface area contributed by atoms with Crippen LogP contribution in [-0.4, -0.2) is 31.0 Å². The summed E-state index contributed by atoms with van der Waals surface area (Å²) in [6.45, 7) is 2.84. The van der Waals surface area contributed by atoms with E-state index in [1.54, 1.807) is 36.3 Å². The van der Waals surface area contributed by atoms with Gasteiger partial charge >= 0.3 is 0 Å². The van der Waals surface area contributed by atoms with E-state index in [-0.39, 0.29) is 5.91 Å². The van der Waals surface area contributed by atoms with Crippen LogP contribution in [0.15, 0.2) is 24.3 Å². The molecule has 84 valence electrons. The summed E-state index contributed by atoms with van der Waals surface area (Å²) in [6.07, 6.45) is 5.20. The molecule has 0 aliphatic carbocycles. The van der Waals surface area contributed by atoms with Gasteiger partial charge in [0.1, 0.15) is 5.75 Å². The normalized spacial score (nSPS) is 9.31. The van der Waals surface area contributed by atoms with Gasteiger partial charge in [-0.25, -0.2) is 0 Å². The molecular formula is C13H15NO2. The van der Waals surface area contributed by atoms with Crippen molar-refractivity contribution in [2.24, 2.45) is 0 Å². The van der Waals surface area contributed by atoms with Crippen LogP contribution >= 0.6 is 0 Å². The summed E-state index contributed by atoms with van der Waals surface area (Å²) >= 11 is 0. The molecule has 0 saturated heterocycles. The Bertz CT molecular complexity index is 389. The van der Waals surface area contributed by atoms with E-state index in [1.165, 1.54) is 0 Å². The molecule has 0 aliphatic heterocycles. The number of nitrogens with zero attached hydrogens (tertiary/aromatic N) is 1. The number of terminal acetylenes is 1. The van der Waals surface area contributed by atoms with Gasteiger partial charge in [0.05, 0.1) is 13.7 Å². The Morgan fingerprint density at radius 1 is 1.44 bits per heavy atom. The first-order valence-electron chi connectivity index (χ1n) is 5.09. The van der Waals surface area contributed by atoms with Crippen LogP contribution in [0.2, 0.25) is 0 Å². The SMILES string of the molecule is C#CCN(CC)C(=O)c1ccc(OC)cc1. The molecule has 0 unspecified atom stereocenters. The lowest BCUT2D eigenvalue weighted by atomic mass is 10.2. The van der Waals surface area contributed by atoms with E-state index in [9.17, 15) is 4.79 Å². The highest BCUT2D eigenvalue weighted by Crippen LogP contribution is 2.12. The predicted molar refractivity (Wildman–Crippen MR) is 63.4 cm³/mol. The molecule has 3 heteroatoms. The number of carbonyl (C=O) groups excluding carboxylic acids is 1. The largest absolute Gasteiger partial charge is 0.497 e. The second-order valence-electron chi connectivity index (χ2n) is 3.25. The molecule has 0 N–H and O–H groups in total. The van der Waals surface area contributed by atoms with Gasteiger partial charge in [-0.3, -0.25) is 4.79 Å². The summed E-state index contributed by atoms with van der Waals surface area (Å²) in [5, 5.41) is 0. The Morgan fingerprint density at radius 3 is 2.50 bits per heavy atom. The van der Waals surface area contributed by atoms with Crippen molar-refractivity contribution in [3.05, 3.63) is 29.8 Å². The van der Waals surface area contributed by atoms with Crippen molar-refractivity contribution in [2.45, 2.75) is 6.92 Å². The molecule has 0 aromatic heterocycles. The number of ether oxygens (including phenoxy) is 1. The number of benzene rings is 1. The molecule has 0 saturated carbocycles. The van der Waals surface area contributed by atoms with Crippen LogP contribution in [0.1, 0.15) is 17.3 Å². The van der Waals surface area contributed by atoms with Crippen LogP contribution in [0.5, 0.6) is 5.75 Å². The molecule has 0 aliphatic rings. The van der Waals surface area contributed by atoms with E-state index in [0.717, 1.165) is 5.75 Å². The Kier molecular flexibility index (Phi) is 4.41. The van der Waals surface area contributed by atoms with Gasteiger partial charge in [0.15, 0.2) is 0 Å². The first-order chi connectivity index (χ1) is 7.72. The van der Waals surface area contributed by atoms with Crippen LogP contribution in [0.3, 0.4) is 0 Å². The molecule has 0 bridgehead atoms. The van der Waals surface area contributed by atoms with Gasteiger partial charge in [-0.2, -0.15) is 0 Å². The van der Waals surface area contributed by atoms with Crippen molar-refractivity contribution >= 4 is 5.91 Å². The molecule has 1 aromatic rings. The number of methoxy groups -OCH3 is 1. The van der Waals surface area contributed by atoms with E-state index in [1.807, 2.05) is 6.92 Å². The van der Waals surface area contributed by atoms with Crippen molar-refractivity contribution in [2.75, 3.05) is 20.2 Å². The van der Waals surface area contributed by atoms with Crippen molar-refractivity contribution < 1.29 is 9.53 Å². The topological polar surface area (TPSA) is 29.5 Å². The second-order valence-corrected chi connectivity index (χ2v) is 3.25. The highest BCUT2D eigenvalue weighted by molar-refractivity contribution is 5.94. The maximum Gasteiger partial charge on any atom is 0.254 e. The third-order valence-corrected chi connectivity index (χ3v) is 2.29. The minimum absolute atomic E-state index is 0.0527. The maximum absolute atomic E-state index is 12.0. The van der Waals surface area contributed by atoms with E-state index in [4.69, 9.17) is 11.2 Å². The van der Waals surface area contributed by atoms with Gasteiger partial charge < -0.3 is 9.64 Å². The highest BCUT2D eigenvalue weighted by Gasteiger charge is 2.12. The van der Waals surface area contributed by atoms with Gasteiger partial charge in [0.2, 0.25) is 0 Å². The maximum atomic E-state index is 12.0.